The average Bonchev–Trinajstić information content (AvgIpc) is 2.79. The minimum Gasteiger partial charge on any atom is -0.445 e. The molecule has 2 aromatic carbocycles. The highest BCUT2D eigenvalue weighted by Gasteiger charge is 2.25. The minimum atomic E-state index is -0.930. The molecular formula is C28H41N3O4. The van der Waals surface area contributed by atoms with Gasteiger partial charge in [0, 0.05) is 18.6 Å². The average molecular weight is 484 g/mol. The molecule has 0 aliphatic heterocycles. The molecular weight excluding hydrogens is 442 g/mol. The summed E-state index contributed by atoms with van der Waals surface area (Å²) in [6, 6.07) is 18.8. The van der Waals surface area contributed by atoms with Crippen LogP contribution in [-0.4, -0.2) is 58.3 Å². The summed E-state index contributed by atoms with van der Waals surface area (Å²) in [6.07, 6.45) is -0.623. The fourth-order valence-corrected chi connectivity index (χ4v) is 3.47. The number of benzene rings is 2. The number of urea groups is 1. The molecule has 2 aromatic rings. The van der Waals surface area contributed by atoms with Crippen molar-refractivity contribution in [3.05, 3.63) is 71.8 Å². The Balaban J connectivity index is 2.09. The van der Waals surface area contributed by atoms with Crippen molar-refractivity contribution in [2.24, 2.45) is 5.92 Å². The Morgan fingerprint density at radius 3 is 2.00 bits per heavy atom. The van der Waals surface area contributed by atoms with Crippen molar-refractivity contribution in [1.29, 1.82) is 0 Å². The fraction of sp³-hybridized carbons (Fsp3) is 0.500. The maximum atomic E-state index is 13.0. The molecule has 0 fully saturated rings. The Hall–Kier alpha value is -3.06. The van der Waals surface area contributed by atoms with E-state index in [2.05, 4.69) is 19.2 Å². The Kier molecular flexibility index (Phi) is 11.1. The summed E-state index contributed by atoms with van der Waals surface area (Å²) in [5, 5.41) is 13.9. The highest BCUT2D eigenvalue weighted by Crippen LogP contribution is 2.12. The van der Waals surface area contributed by atoms with Gasteiger partial charge in [-0.2, -0.15) is 0 Å². The molecule has 0 aromatic heterocycles. The molecule has 0 bridgehead atoms. The number of aliphatic hydroxyl groups excluding tert-OH is 1. The summed E-state index contributed by atoms with van der Waals surface area (Å²) in [7, 11) is 0. The van der Waals surface area contributed by atoms with Gasteiger partial charge in [-0.1, -0.05) is 74.5 Å². The molecule has 0 aliphatic carbocycles. The van der Waals surface area contributed by atoms with E-state index in [1.807, 2.05) is 81.4 Å². The molecule has 0 unspecified atom stereocenters. The van der Waals surface area contributed by atoms with Crippen LogP contribution in [0.25, 0.3) is 0 Å². The lowest BCUT2D eigenvalue weighted by atomic mass is 10.1. The molecule has 0 aliphatic rings. The number of nitrogens with zero attached hydrogens (tertiary/aromatic N) is 2. The van der Waals surface area contributed by atoms with Crippen molar-refractivity contribution < 1.29 is 19.4 Å². The van der Waals surface area contributed by atoms with E-state index in [1.54, 1.807) is 4.90 Å². The van der Waals surface area contributed by atoms with Gasteiger partial charge in [0.25, 0.3) is 0 Å². The molecule has 2 N–H and O–H groups in total. The van der Waals surface area contributed by atoms with E-state index in [0.29, 0.717) is 19.0 Å². The summed E-state index contributed by atoms with van der Waals surface area (Å²) < 4.78 is 5.54. The third kappa shape index (κ3) is 11.3. The molecule has 7 heteroatoms. The summed E-state index contributed by atoms with van der Waals surface area (Å²) in [4.78, 5) is 29.0. The highest BCUT2D eigenvalue weighted by molar-refractivity contribution is 5.75. The van der Waals surface area contributed by atoms with Crippen LogP contribution in [0.4, 0.5) is 9.59 Å². The predicted molar refractivity (Wildman–Crippen MR) is 139 cm³/mol. The summed E-state index contributed by atoms with van der Waals surface area (Å²) >= 11 is 0. The van der Waals surface area contributed by atoms with Gasteiger partial charge in [-0.25, -0.2) is 9.59 Å². The summed E-state index contributed by atoms with van der Waals surface area (Å²) in [5.74, 6) is 0.416. The number of carbonyl (C=O) groups excluding carboxylic acids is 2. The van der Waals surface area contributed by atoms with E-state index < -0.39 is 17.7 Å². The van der Waals surface area contributed by atoms with Crippen LogP contribution < -0.4 is 5.32 Å². The van der Waals surface area contributed by atoms with Crippen LogP contribution in [0.5, 0.6) is 0 Å². The molecule has 3 amide bonds. The standard InChI is InChI=1S/C28H41N3O4/c1-22(2)16-17-30(26(33)29-28(3,4)5)19-25(32)20-31(18-23-12-8-6-9-13-23)27(34)35-21-24-14-10-7-11-15-24/h6-15,22,25,32H,16-21H2,1-5H3,(H,29,33)/t25-/m1/s1. The number of nitrogens with one attached hydrogen (secondary N) is 1. The van der Waals surface area contributed by atoms with Crippen molar-refractivity contribution in [2.75, 3.05) is 19.6 Å². The van der Waals surface area contributed by atoms with E-state index in [4.69, 9.17) is 4.74 Å². The summed E-state index contributed by atoms with van der Waals surface area (Å²) in [5.41, 5.74) is 1.43. The van der Waals surface area contributed by atoms with Crippen LogP contribution in [0, 0.1) is 5.92 Å². The lowest BCUT2D eigenvalue weighted by Crippen LogP contribution is -2.52. The second kappa shape index (κ2) is 13.7. The predicted octanol–water partition coefficient (Wildman–Crippen LogP) is 5.04. The smallest absolute Gasteiger partial charge is 0.410 e. The molecule has 7 nitrogen and oxygen atoms in total. The van der Waals surface area contributed by atoms with Gasteiger partial charge in [0.15, 0.2) is 0 Å². The van der Waals surface area contributed by atoms with Crippen LogP contribution in [0.1, 0.15) is 52.2 Å². The first-order valence-corrected chi connectivity index (χ1v) is 12.3. The Morgan fingerprint density at radius 1 is 0.914 bits per heavy atom. The molecule has 0 saturated heterocycles. The zero-order chi connectivity index (χ0) is 25.8. The normalized spacial score (nSPS) is 12.2. The fourth-order valence-electron chi connectivity index (χ4n) is 3.47. The number of aliphatic hydroxyl groups is 1. The van der Waals surface area contributed by atoms with Gasteiger partial charge in [0.1, 0.15) is 6.61 Å². The van der Waals surface area contributed by atoms with Crippen molar-refractivity contribution in [3.8, 4) is 0 Å². The van der Waals surface area contributed by atoms with Crippen molar-refractivity contribution in [1.82, 2.24) is 15.1 Å². The zero-order valence-corrected chi connectivity index (χ0v) is 21.7. The number of carbonyl (C=O) groups is 2. The lowest BCUT2D eigenvalue weighted by molar-refractivity contribution is 0.0543. The lowest BCUT2D eigenvalue weighted by Gasteiger charge is -2.32. The Morgan fingerprint density at radius 2 is 1.46 bits per heavy atom. The minimum absolute atomic E-state index is 0.0451. The third-order valence-corrected chi connectivity index (χ3v) is 5.29. The first kappa shape index (κ1) is 28.2. The molecule has 0 spiro atoms. The first-order valence-electron chi connectivity index (χ1n) is 12.3. The van der Waals surface area contributed by atoms with Gasteiger partial charge >= 0.3 is 12.1 Å². The summed E-state index contributed by atoms with van der Waals surface area (Å²) in [6.45, 7) is 11.1. The maximum Gasteiger partial charge on any atom is 0.410 e. The van der Waals surface area contributed by atoms with Gasteiger partial charge in [-0.15, -0.1) is 0 Å². The van der Waals surface area contributed by atoms with Crippen LogP contribution >= 0.6 is 0 Å². The zero-order valence-electron chi connectivity index (χ0n) is 21.7. The number of ether oxygens (including phenoxy) is 1. The Labute approximate surface area is 210 Å². The topological polar surface area (TPSA) is 82.1 Å². The number of rotatable bonds is 11. The second-order valence-electron chi connectivity index (χ2n) is 10.4. The third-order valence-electron chi connectivity index (χ3n) is 5.29. The largest absolute Gasteiger partial charge is 0.445 e. The molecule has 1 atom stereocenters. The second-order valence-corrected chi connectivity index (χ2v) is 10.4. The number of amides is 3. The maximum absolute atomic E-state index is 13.0. The molecule has 0 radical (unpaired) electrons. The van der Waals surface area contributed by atoms with Gasteiger partial charge < -0.3 is 25.0 Å². The monoisotopic (exact) mass is 483 g/mol. The molecule has 35 heavy (non-hydrogen) atoms. The van der Waals surface area contributed by atoms with Gasteiger partial charge in [0.2, 0.25) is 0 Å². The van der Waals surface area contributed by atoms with Crippen LogP contribution in [0.3, 0.4) is 0 Å². The molecule has 192 valence electrons. The van der Waals surface area contributed by atoms with Crippen LogP contribution in [-0.2, 0) is 17.9 Å². The van der Waals surface area contributed by atoms with E-state index >= 15 is 0 Å². The Bertz CT molecular complexity index is 897. The first-order chi connectivity index (χ1) is 16.5. The number of hydrogen-bond donors (Lipinski definition) is 2. The number of hydrogen-bond acceptors (Lipinski definition) is 4. The van der Waals surface area contributed by atoms with Gasteiger partial charge in [-0.05, 0) is 44.2 Å². The molecule has 0 saturated carbocycles. The van der Waals surface area contributed by atoms with E-state index in [0.717, 1.165) is 17.5 Å². The highest BCUT2D eigenvalue weighted by atomic mass is 16.6. The van der Waals surface area contributed by atoms with E-state index in [9.17, 15) is 14.7 Å². The SMILES string of the molecule is CC(C)CCN(C[C@@H](O)CN(Cc1ccccc1)C(=O)OCc1ccccc1)C(=O)NC(C)(C)C. The van der Waals surface area contributed by atoms with E-state index in [-0.39, 0.29) is 25.7 Å². The quantitative estimate of drug-likeness (QED) is 0.469. The van der Waals surface area contributed by atoms with Crippen molar-refractivity contribution in [3.63, 3.8) is 0 Å². The van der Waals surface area contributed by atoms with E-state index in [1.165, 1.54) is 4.90 Å². The van der Waals surface area contributed by atoms with Crippen molar-refractivity contribution in [2.45, 2.75) is 65.8 Å². The van der Waals surface area contributed by atoms with Crippen LogP contribution in [0.15, 0.2) is 60.7 Å². The van der Waals surface area contributed by atoms with Gasteiger partial charge in [-0.3, -0.25) is 0 Å². The van der Waals surface area contributed by atoms with Crippen LogP contribution in [0.2, 0.25) is 0 Å². The van der Waals surface area contributed by atoms with Crippen molar-refractivity contribution >= 4 is 12.1 Å². The molecule has 0 heterocycles. The molecule has 2 rings (SSSR count). The van der Waals surface area contributed by atoms with Gasteiger partial charge in [0.05, 0.1) is 19.2 Å².